The van der Waals surface area contributed by atoms with Crippen LogP contribution >= 0.6 is 23.2 Å². The van der Waals surface area contributed by atoms with Crippen molar-refractivity contribution >= 4 is 29.1 Å². The van der Waals surface area contributed by atoms with E-state index in [1.807, 2.05) is 43.0 Å². The largest absolute Gasteiger partial charge is 0.508 e. The molecule has 4 rings (SSSR count). The summed E-state index contributed by atoms with van der Waals surface area (Å²) in [7, 11) is 0. The normalized spacial score (nSPS) is 25.5. The van der Waals surface area contributed by atoms with Crippen LogP contribution < -0.4 is 10.9 Å². The summed E-state index contributed by atoms with van der Waals surface area (Å²) in [6.07, 6.45) is 0.881. The Balaban J connectivity index is 1.68. The molecule has 31 heavy (non-hydrogen) atoms. The average Bonchev–Trinajstić information content (AvgIpc) is 3.27. The Kier molecular flexibility index (Phi) is 6.74. The number of hydrazine groups is 1. The Morgan fingerprint density at radius 1 is 1.10 bits per heavy atom. The summed E-state index contributed by atoms with van der Waals surface area (Å²) in [5.74, 6) is 0.0895. The van der Waals surface area contributed by atoms with Gasteiger partial charge in [0.2, 0.25) is 5.91 Å². The van der Waals surface area contributed by atoms with Crippen LogP contribution in [0.2, 0.25) is 10.0 Å². The second kappa shape index (κ2) is 9.35. The van der Waals surface area contributed by atoms with Crippen LogP contribution in [0.3, 0.4) is 0 Å². The highest BCUT2D eigenvalue weighted by Gasteiger charge is 2.55. The van der Waals surface area contributed by atoms with Gasteiger partial charge < -0.3 is 14.7 Å². The fourth-order valence-corrected chi connectivity index (χ4v) is 4.92. The van der Waals surface area contributed by atoms with Gasteiger partial charge in [0.1, 0.15) is 11.8 Å². The molecule has 0 bridgehead atoms. The third-order valence-electron chi connectivity index (χ3n) is 5.97. The van der Waals surface area contributed by atoms with E-state index < -0.39 is 6.04 Å². The molecule has 0 spiro atoms. The van der Waals surface area contributed by atoms with Crippen molar-refractivity contribution in [3.8, 4) is 5.75 Å². The van der Waals surface area contributed by atoms with Crippen LogP contribution in [0.25, 0.3) is 0 Å². The number of nitrogens with one attached hydrogen (secondary N) is 2. The third-order valence-corrected chi connectivity index (χ3v) is 6.70. The smallest absolute Gasteiger partial charge is 0.242 e. The number of amides is 1. The van der Waals surface area contributed by atoms with Crippen LogP contribution in [-0.2, 0) is 9.53 Å². The fraction of sp³-hybridized carbons (Fsp3) is 0.435. The maximum atomic E-state index is 13.4. The van der Waals surface area contributed by atoms with E-state index in [1.54, 1.807) is 18.2 Å². The summed E-state index contributed by atoms with van der Waals surface area (Å²) >= 11 is 12.5. The number of rotatable bonds is 7. The van der Waals surface area contributed by atoms with Gasteiger partial charge in [0, 0.05) is 24.6 Å². The number of carbonyl (C=O) groups is 1. The molecule has 2 heterocycles. The van der Waals surface area contributed by atoms with E-state index in [0.717, 1.165) is 17.5 Å². The Hall–Kier alpha value is -1.83. The molecule has 2 aromatic carbocycles. The number of hydrogen-bond acceptors (Lipinski definition) is 5. The zero-order chi connectivity index (χ0) is 22.1. The first-order chi connectivity index (χ1) is 14.9. The first-order valence-corrected chi connectivity index (χ1v) is 11.3. The lowest BCUT2D eigenvalue weighted by Crippen LogP contribution is -2.41. The van der Waals surface area contributed by atoms with Gasteiger partial charge in [0.05, 0.1) is 28.2 Å². The molecule has 166 valence electrons. The third kappa shape index (κ3) is 4.41. The molecule has 4 atom stereocenters. The molecule has 2 aromatic rings. The van der Waals surface area contributed by atoms with Crippen molar-refractivity contribution in [3.63, 3.8) is 0 Å². The van der Waals surface area contributed by atoms with Crippen molar-refractivity contribution in [3.05, 3.63) is 63.6 Å². The number of carbonyl (C=O) groups excluding carboxylic acids is 1. The minimum atomic E-state index is -0.407. The summed E-state index contributed by atoms with van der Waals surface area (Å²) in [6, 6.07) is 11.9. The number of aromatic hydroxyl groups is 1. The Bertz CT molecular complexity index is 955. The van der Waals surface area contributed by atoms with Crippen molar-refractivity contribution in [1.82, 2.24) is 15.8 Å². The molecule has 0 aromatic heterocycles. The number of halogens is 2. The summed E-state index contributed by atoms with van der Waals surface area (Å²) in [6.45, 7) is 5.14. The minimum absolute atomic E-state index is 0.0241. The van der Waals surface area contributed by atoms with Crippen LogP contribution in [0.1, 0.15) is 43.5 Å². The lowest BCUT2D eigenvalue weighted by molar-refractivity contribution is -0.131. The van der Waals surface area contributed by atoms with E-state index in [1.165, 1.54) is 0 Å². The van der Waals surface area contributed by atoms with Gasteiger partial charge in [-0.15, -0.1) is 0 Å². The predicted molar refractivity (Wildman–Crippen MR) is 121 cm³/mol. The molecule has 2 aliphatic rings. The molecule has 0 radical (unpaired) electrons. The summed E-state index contributed by atoms with van der Waals surface area (Å²) in [5.41, 5.74) is 8.08. The van der Waals surface area contributed by atoms with E-state index in [4.69, 9.17) is 27.9 Å². The molecule has 2 saturated heterocycles. The Labute approximate surface area is 192 Å². The molecule has 1 amide bonds. The van der Waals surface area contributed by atoms with Crippen LogP contribution in [0.5, 0.6) is 5.75 Å². The molecular formula is C23H27Cl2N3O3. The molecule has 4 unspecified atom stereocenters. The summed E-state index contributed by atoms with van der Waals surface area (Å²) in [5, 5.41) is 11.4. The van der Waals surface area contributed by atoms with Crippen molar-refractivity contribution < 1.29 is 14.6 Å². The van der Waals surface area contributed by atoms with E-state index in [0.29, 0.717) is 23.2 Å². The number of phenolic OH excluding ortho intramolecular Hbond substituents is 1. The number of nitrogens with zero attached hydrogens (tertiary/aromatic N) is 1. The number of hydrogen-bond donors (Lipinski definition) is 3. The van der Waals surface area contributed by atoms with Crippen LogP contribution in [0, 0.1) is 5.92 Å². The number of phenols is 1. The topological polar surface area (TPSA) is 73.8 Å². The molecular weight excluding hydrogens is 437 g/mol. The first-order valence-electron chi connectivity index (χ1n) is 10.5. The van der Waals surface area contributed by atoms with Gasteiger partial charge >= 0.3 is 0 Å². The van der Waals surface area contributed by atoms with Crippen molar-refractivity contribution in [2.24, 2.45) is 5.92 Å². The SMILES string of the molecule is CC(C)OCCCN1C(=O)C2NNC(c3ccccc3O)C2C1c1ccc(Cl)c(Cl)c1. The first kappa shape index (κ1) is 22.4. The van der Waals surface area contributed by atoms with E-state index in [9.17, 15) is 9.90 Å². The molecule has 6 nitrogen and oxygen atoms in total. The second-order valence-electron chi connectivity index (χ2n) is 8.30. The number of ether oxygens (including phenoxy) is 1. The van der Waals surface area contributed by atoms with Gasteiger partial charge in [0.15, 0.2) is 0 Å². The van der Waals surface area contributed by atoms with Crippen LogP contribution in [0.15, 0.2) is 42.5 Å². The second-order valence-corrected chi connectivity index (χ2v) is 9.12. The summed E-state index contributed by atoms with van der Waals surface area (Å²) < 4.78 is 5.68. The number of benzene rings is 2. The number of para-hydroxylation sites is 1. The lowest BCUT2D eigenvalue weighted by atomic mass is 9.83. The zero-order valence-corrected chi connectivity index (χ0v) is 19.0. The van der Waals surface area contributed by atoms with Gasteiger partial charge in [-0.3, -0.25) is 4.79 Å². The van der Waals surface area contributed by atoms with Gasteiger partial charge in [-0.2, -0.15) is 0 Å². The minimum Gasteiger partial charge on any atom is -0.508 e. The molecule has 2 fully saturated rings. The Morgan fingerprint density at radius 3 is 2.55 bits per heavy atom. The molecule has 0 saturated carbocycles. The van der Waals surface area contributed by atoms with Crippen molar-refractivity contribution in [2.45, 2.75) is 44.5 Å². The number of fused-ring (bicyclic) bond motifs is 1. The van der Waals surface area contributed by atoms with Crippen molar-refractivity contribution in [2.75, 3.05) is 13.2 Å². The van der Waals surface area contributed by atoms with Crippen molar-refractivity contribution in [1.29, 1.82) is 0 Å². The Morgan fingerprint density at radius 2 is 1.84 bits per heavy atom. The summed E-state index contributed by atoms with van der Waals surface area (Å²) in [4.78, 5) is 15.3. The zero-order valence-electron chi connectivity index (χ0n) is 17.5. The molecule has 2 aliphatic heterocycles. The predicted octanol–water partition coefficient (Wildman–Crippen LogP) is 4.23. The quantitative estimate of drug-likeness (QED) is 0.535. The van der Waals surface area contributed by atoms with Crippen LogP contribution in [0.4, 0.5) is 0 Å². The average molecular weight is 464 g/mol. The number of likely N-dealkylation sites (tertiary alicyclic amines) is 1. The molecule has 8 heteroatoms. The maximum absolute atomic E-state index is 13.4. The van der Waals surface area contributed by atoms with Gasteiger partial charge in [-0.05, 0) is 44.0 Å². The molecule has 0 aliphatic carbocycles. The maximum Gasteiger partial charge on any atom is 0.242 e. The standard InChI is InChI=1S/C23H27Cl2N3O3/c1-13(2)31-11-5-10-28-22(14-8-9-16(24)17(25)12-14)19-20(26-27-21(19)23(28)30)15-6-3-4-7-18(15)29/h3-4,6-9,12-13,19-22,26-27,29H,5,10-11H2,1-2H3. The highest BCUT2D eigenvalue weighted by molar-refractivity contribution is 6.42. The fourth-order valence-electron chi connectivity index (χ4n) is 4.62. The van der Waals surface area contributed by atoms with E-state index >= 15 is 0 Å². The highest BCUT2D eigenvalue weighted by Crippen LogP contribution is 2.49. The van der Waals surface area contributed by atoms with Gasteiger partial charge in [0.25, 0.3) is 0 Å². The van der Waals surface area contributed by atoms with Gasteiger partial charge in [-0.25, -0.2) is 10.9 Å². The van der Waals surface area contributed by atoms with Gasteiger partial charge in [-0.1, -0.05) is 47.5 Å². The van der Waals surface area contributed by atoms with Crippen LogP contribution in [-0.4, -0.2) is 41.2 Å². The molecule has 3 N–H and O–H groups in total. The lowest BCUT2D eigenvalue weighted by Gasteiger charge is -2.31. The highest BCUT2D eigenvalue weighted by atomic mass is 35.5. The van der Waals surface area contributed by atoms with E-state index in [2.05, 4.69) is 10.9 Å². The van der Waals surface area contributed by atoms with E-state index in [-0.39, 0.29) is 35.8 Å². The monoisotopic (exact) mass is 463 g/mol.